The SMILES string of the molecule is CN(C)c1ccc(NC(=O)CSc2nncn2-c2ccccc2)cc1. The average molecular weight is 353 g/mol. The van der Waals surface area contributed by atoms with Crippen molar-refractivity contribution in [1.82, 2.24) is 14.8 Å². The molecule has 0 spiro atoms. The summed E-state index contributed by atoms with van der Waals surface area (Å²) < 4.78 is 1.86. The predicted octanol–water partition coefficient (Wildman–Crippen LogP) is 3.06. The van der Waals surface area contributed by atoms with E-state index in [9.17, 15) is 4.79 Å². The standard InChI is InChI=1S/C18H19N5OS/c1-22(2)15-10-8-14(9-11-15)20-17(24)12-25-18-21-19-13-23(18)16-6-4-3-5-7-16/h3-11,13H,12H2,1-2H3,(H,20,24). The quantitative estimate of drug-likeness (QED) is 0.690. The maximum atomic E-state index is 12.2. The normalized spacial score (nSPS) is 10.5. The molecule has 0 aliphatic carbocycles. The van der Waals surface area contributed by atoms with E-state index in [0.29, 0.717) is 5.16 Å². The second-order valence-electron chi connectivity index (χ2n) is 5.60. The maximum absolute atomic E-state index is 12.2. The number of rotatable bonds is 6. The van der Waals surface area contributed by atoms with Gasteiger partial charge in [0.1, 0.15) is 6.33 Å². The third-order valence-corrected chi connectivity index (χ3v) is 4.49. The summed E-state index contributed by atoms with van der Waals surface area (Å²) in [4.78, 5) is 14.2. The van der Waals surface area contributed by atoms with Crippen molar-refractivity contribution in [2.24, 2.45) is 0 Å². The number of amides is 1. The molecule has 0 bridgehead atoms. The average Bonchev–Trinajstić information content (AvgIpc) is 3.10. The number of thioether (sulfide) groups is 1. The Bertz CT molecular complexity index is 830. The molecule has 1 heterocycles. The van der Waals surface area contributed by atoms with Crippen LogP contribution in [0.4, 0.5) is 11.4 Å². The minimum Gasteiger partial charge on any atom is -0.378 e. The van der Waals surface area contributed by atoms with Gasteiger partial charge in [0, 0.05) is 31.2 Å². The Balaban J connectivity index is 1.59. The molecule has 0 unspecified atom stereocenters. The number of benzene rings is 2. The van der Waals surface area contributed by atoms with E-state index < -0.39 is 0 Å². The lowest BCUT2D eigenvalue weighted by Gasteiger charge is -2.13. The molecular formula is C18H19N5OS. The summed E-state index contributed by atoms with van der Waals surface area (Å²) in [6.45, 7) is 0. The van der Waals surface area contributed by atoms with E-state index >= 15 is 0 Å². The van der Waals surface area contributed by atoms with Crippen molar-refractivity contribution < 1.29 is 4.79 Å². The van der Waals surface area contributed by atoms with Crippen LogP contribution in [-0.4, -0.2) is 40.5 Å². The van der Waals surface area contributed by atoms with Gasteiger partial charge in [-0.05, 0) is 36.4 Å². The van der Waals surface area contributed by atoms with Crippen molar-refractivity contribution in [1.29, 1.82) is 0 Å². The highest BCUT2D eigenvalue weighted by molar-refractivity contribution is 7.99. The Morgan fingerprint density at radius 3 is 2.52 bits per heavy atom. The Labute approximate surface area is 150 Å². The van der Waals surface area contributed by atoms with Gasteiger partial charge in [-0.1, -0.05) is 30.0 Å². The topological polar surface area (TPSA) is 63.1 Å². The number of anilines is 2. The van der Waals surface area contributed by atoms with Gasteiger partial charge in [0.15, 0.2) is 5.16 Å². The van der Waals surface area contributed by atoms with E-state index in [1.807, 2.05) is 78.2 Å². The van der Waals surface area contributed by atoms with Gasteiger partial charge in [-0.15, -0.1) is 10.2 Å². The van der Waals surface area contributed by atoms with Crippen LogP contribution in [0.1, 0.15) is 0 Å². The lowest BCUT2D eigenvalue weighted by atomic mass is 10.2. The van der Waals surface area contributed by atoms with Crippen LogP contribution < -0.4 is 10.2 Å². The van der Waals surface area contributed by atoms with E-state index in [1.165, 1.54) is 11.8 Å². The number of hydrogen-bond acceptors (Lipinski definition) is 5. The molecule has 2 aromatic carbocycles. The molecule has 0 aliphatic heterocycles. The largest absolute Gasteiger partial charge is 0.378 e. The molecule has 1 aromatic heterocycles. The molecule has 6 nitrogen and oxygen atoms in total. The zero-order valence-electron chi connectivity index (χ0n) is 14.1. The first-order chi connectivity index (χ1) is 12.1. The molecule has 7 heteroatoms. The number of nitrogens with one attached hydrogen (secondary N) is 1. The van der Waals surface area contributed by atoms with Gasteiger partial charge in [-0.3, -0.25) is 9.36 Å². The van der Waals surface area contributed by atoms with E-state index in [0.717, 1.165) is 17.1 Å². The van der Waals surface area contributed by atoms with Crippen LogP contribution in [0.15, 0.2) is 66.1 Å². The number of hydrogen-bond donors (Lipinski definition) is 1. The second-order valence-corrected chi connectivity index (χ2v) is 6.54. The highest BCUT2D eigenvalue weighted by atomic mass is 32.2. The Kier molecular flexibility index (Phi) is 5.35. The van der Waals surface area contributed by atoms with Gasteiger partial charge < -0.3 is 10.2 Å². The third-order valence-electron chi connectivity index (χ3n) is 3.55. The van der Waals surface area contributed by atoms with Gasteiger partial charge >= 0.3 is 0 Å². The van der Waals surface area contributed by atoms with Crippen molar-refractivity contribution in [3.05, 3.63) is 60.9 Å². The molecule has 25 heavy (non-hydrogen) atoms. The van der Waals surface area contributed by atoms with Gasteiger partial charge in [-0.2, -0.15) is 0 Å². The molecule has 0 saturated heterocycles. The highest BCUT2D eigenvalue weighted by Gasteiger charge is 2.10. The molecule has 0 radical (unpaired) electrons. The number of carbonyl (C=O) groups excluding carboxylic acids is 1. The van der Waals surface area contributed by atoms with Crippen LogP contribution in [0.2, 0.25) is 0 Å². The fourth-order valence-corrected chi connectivity index (χ4v) is 2.99. The molecule has 3 rings (SSSR count). The molecule has 0 fully saturated rings. The molecule has 128 valence electrons. The smallest absolute Gasteiger partial charge is 0.234 e. The summed E-state index contributed by atoms with van der Waals surface area (Å²) in [6, 6.07) is 17.5. The summed E-state index contributed by atoms with van der Waals surface area (Å²) >= 11 is 1.35. The number of nitrogens with zero attached hydrogens (tertiary/aromatic N) is 4. The Hall–Kier alpha value is -2.80. The number of aromatic nitrogens is 3. The van der Waals surface area contributed by atoms with Crippen molar-refractivity contribution in [3.63, 3.8) is 0 Å². The lowest BCUT2D eigenvalue weighted by Crippen LogP contribution is -2.15. The van der Waals surface area contributed by atoms with Crippen LogP contribution in [0.5, 0.6) is 0 Å². The monoisotopic (exact) mass is 353 g/mol. The minimum absolute atomic E-state index is 0.0785. The van der Waals surface area contributed by atoms with Crippen LogP contribution in [0, 0.1) is 0 Å². The number of para-hydroxylation sites is 1. The molecule has 3 aromatic rings. The van der Waals surface area contributed by atoms with E-state index in [1.54, 1.807) is 6.33 Å². The molecule has 1 N–H and O–H groups in total. The van der Waals surface area contributed by atoms with E-state index in [4.69, 9.17) is 0 Å². The van der Waals surface area contributed by atoms with E-state index in [-0.39, 0.29) is 11.7 Å². The van der Waals surface area contributed by atoms with Gasteiger partial charge in [0.2, 0.25) is 5.91 Å². The van der Waals surface area contributed by atoms with Crippen LogP contribution in [0.3, 0.4) is 0 Å². The zero-order chi connectivity index (χ0) is 17.6. The summed E-state index contributed by atoms with van der Waals surface area (Å²) in [5.41, 5.74) is 2.83. The Morgan fingerprint density at radius 2 is 1.84 bits per heavy atom. The molecule has 1 amide bonds. The Morgan fingerprint density at radius 1 is 1.12 bits per heavy atom. The summed E-state index contributed by atoms with van der Waals surface area (Å²) in [6.07, 6.45) is 1.65. The van der Waals surface area contributed by atoms with Crippen LogP contribution in [-0.2, 0) is 4.79 Å². The fourth-order valence-electron chi connectivity index (χ4n) is 2.26. The zero-order valence-corrected chi connectivity index (χ0v) is 14.9. The summed E-state index contributed by atoms with van der Waals surface area (Å²) in [5.74, 6) is 0.186. The van der Waals surface area contributed by atoms with Gasteiger partial charge in [0.25, 0.3) is 0 Å². The summed E-state index contributed by atoms with van der Waals surface area (Å²) in [7, 11) is 3.96. The van der Waals surface area contributed by atoms with Crippen molar-refractivity contribution in [3.8, 4) is 5.69 Å². The van der Waals surface area contributed by atoms with Crippen LogP contribution in [0.25, 0.3) is 5.69 Å². The molecule has 0 saturated carbocycles. The molecule has 0 aliphatic rings. The van der Waals surface area contributed by atoms with Gasteiger partial charge in [-0.25, -0.2) is 0 Å². The lowest BCUT2D eigenvalue weighted by molar-refractivity contribution is -0.113. The summed E-state index contributed by atoms with van der Waals surface area (Å²) in [5, 5.41) is 11.6. The maximum Gasteiger partial charge on any atom is 0.234 e. The van der Waals surface area contributed by atoms with E-state index in [2.05, 4.69) is 15.5 Å². The van der Waals surface area contributed by atoms with Gasteiger partial charge in [0.05, 0.1) is 5.75 Å². The first-order valence-electron chi connectivity index (χ1n) is 7.79. The van der Waals surface area contributed by atoms with Crippen LogP contribution >= 0.6 is 11.8 Å². The number of carbonyl (C=O) groups is 1. The highest BCUT2D eigenvalue weighted by Crippen LogP contribution is 2.20. The minimum atomic E-state index is -0.0785. The third kappa shape index (κ3) is 4.39. The first-order valence-corrected chi connectivity index (χ1v) is 8.77. The fraction of sp³-hybridized carbons (Fsp3) is 0.167. The van der Waals surface area contributed by atoms with Crippen molar-refractivity contribution >= 4 is 29.0 Å². The van der Waals surface area contributed by atoms with Crippen molar-refractivity contribution in [2.45, 2.75) is 5.16 Å². The molecule has 0 atom stereocenters. The molecular weight excluding hydrogens is 334 g/mol. The first kappa shape index (κ1) is 17.0. The second kappa shape index (κ2) is 7.85. The predicted molar refractivity (Wildman–Crippen MR) is 101 cm³/mol. The van der Waals surface area contributed by atoms with Crippen molar-refractivity contribution in [2.75, 3.05) is 30.1 Å².